The molecule has 0 saturated carbocycles. The summed E-state index contributed by atoms with van der Waals surface area (Å²) in [5.74, 6) is 0.141. The minimum absolute atomic E-state index is 0.0342. The first kappa shape index (κ1) is 20.1. The lowest BCUT2D eigenvalue weighted by Gasteiger charge is -2.41. The summed E-state index contributed by atoms with van der Waals surface area (Å²) in [6, 6.07) is 20.8. The van der Waals surface area contributed by atoms with Crippen LogP contribution >= 0.6 is 0 Å². The van der Waals surface area contributed by atoms with Crippen LogP contribution in [-0.2, 0) is 22.5 Å². The number of carbonyl (C=O) groups excluding carboxylic acids is 1. The van der Waals surface area contributed by atoms with Crippen molar-refractivity contribution in [3.05, 3.63) is 71.8 Å². The van der Waals surface area contributed by atoms with E-state index in [2.05, 4.69) is 51.9 Å². The molecule has 1 unspecified atom stereocenters. The molecule has 0 spiro atoms. The van der Waals surface area contributed by atoms with Gasteiger partial charge in [-0.3, -0.25) is 9.69 Å². The van der Waals surface area contributed by atoms with E-state index >= 15 is 0 Å². The predicted molar refractivity (Wildman–Crippen MR) is 115 cm³/mol. The molecule has 154 valence electrons. The number of hydrogen-bond acceptors (Lipinski definition) is 4. The third kappa shape index (κ3) is 5.24. The molecule has 0 aliphatic carbocycles. The molecule has 2 aliphatic rings. The Labute approximate surface area is 173 Å². The molecule has 5 nitrogen and oxygen atoms in total. The highest BCUT2D eigenvalue weighted by atomic mass is 16.5. The van der Waals surface area contributed by atoms with E-state index in [1.54, 1.807) is 0 Å². The fourth-order valence-corrected chi connectivity index (χ4v) is 4.25. The number of carbonyl (C=O) groups is 1. The summed E-state index contributed by atoms with van der Waals surface area (Å²) in [5, 5.41) is 6.48. The summed E-state index contributed by atoms with van der Waals surface area (Å²) in [4.78, 5) is 15.5. The Morgan fingerprint density at radius 1 is 1.07 bits per heavy atom. The largest absolute Gasteiger partial charge is 0.375 e. The zero-order chi connectivity index (χ0) is 19.9. The molecule has 4 rings (SSSR count). The predicted octanol–water partition coefficient (Wildman–Crippen LogP) is 2.23. The number of nitrogens with zero attached hydrogens (tertiary/aromatic N) is 1. The Hall–Kier alpha value is -2.21. The van der Waals surface area contributed by atoms with E-state index in [4.69, 9.17) is 4.74 Å². The van der Waals surface area contributed by atoms with Crippen LogP contribution in [0.15, 0.2) is 60.7 Å². The first-order valence-electron chi connectivity index (χ1n) is 10.6. The van der Waals surface area contributed by atoms with Gasteiger partial charge in [0.1, 0.15) is 0 Å². The molecule has 2 aromatic rings. The second-order valence-corrected chi connectivity index (χ2v) is 8.32. The smallest absolute Gasteiger partial charge is 0.229 e. The van der Waals surface area contributed by atoms with Crippen molar-refractivity contribution in [1.29, 1.82) is 0 Å². The van der Waals surface area contributed by atoms with Gasteiger partial charge in [-0.25, -0.2) is 0 Å². The average molecular weight is 394 g/mol. The summed E-state index contributed by atoms with van der Waals surface area (Å²) in [5.41, 5.74) is 2.19. The molecule has 2 fully saturated rings. The average Bonchev–Trinajstić information content (AvgIpc) is 2.95. The molecular formula is C24H31N3O2. The maximum atomic E-state index is 13.0. The van der Waals surface area contributed by atoms with Gasteiger partial charge in [-0.2, -0.15) is 0 Å². The van der Waals surface area contributed by atoms with Crippen molar-refractivity contribution >= 4 is 5.91 Å². The summed E-state index contributed by atoms with van der Waals surface area (Å²) >= 11 is 0. The van der Waals surface area contributed by atoms with Gasteiger partial charge < -0.3 is 15.4 Å². The van der Waals surface area contributed by atoms with Crippen LogP contribution in [0.1, 0.15) is 17.5 Å². The van der Waals surface area contributed by atoms with Gasteiger partial charge in [0.25, 0.3) is 0 Å². The van der Waals surface area contributed by atoms with Gasteiger partial charge in [0.15, 0.2) is 0 Å². The molecule has 2 heterocycles. The highest BCUT2D eigenvalue weighted by molar-refractivity contribution is 5.84. The maximum absolute atomic E-state index is 13.0. The maximum Gasteiger partial charge on any atom is 0.229 e. The minimum Gasteiger partial charge on any atom is -0.375 e. The van der Waals surface area contributed by atoms with E-state index in [1.807, 2.05) is 24.3 Å². The van der Waals surface area contributed by atoms with Crippen LogP contribution in [0.3, 0.4) is 0 Å². The van der Waals surface area contributed by atoms with E-state index in [-0.39, 0.29) is 17.4 Å². The number of hydrogen-bond donors (Lipinski definition) is 2. The fourth-order valence-electron chi connectivity index (χ4n) is 4.25. The molecule has 0 aromatic heterocycles. The summed E-state index contributed by atoms with van der Waals surface area (Å²) in [6.07, 6.45) is 1.84. The van der Waals surface area contributed by atoms with Crippen molar-refractivity contribution < 1.29 is 9.53 Å². The Balaban J connectivity index is 1.31. The molecule has 2 saturated heterocycles. The van der Waals surface area contributed by atoms with E-state index in [0.29, 0.717) is 6.54 Å². The zero-order valence-corrected chi connectivity index (χ0v) is 17.0. The van der Waals surface area contributed by atoms with E-state index in [9.17, 15) is 4.79 Å². The van der Waals surface area contributed by atoms with Crippen LogP contribution in [0, 0.1) is 5.41 Å². The van der Waals surface area contributed by atoms with Crippen LogP contribution in [0.2, 0.25) is 0 Å². The molecule has 0 radical (unpaired) electrons. The van der Waals surface area contributed by atoms with Crippen molar-refractivity contribution in [2.45, 2.75) is 25.5 Å². The highest BCUT2D eigenvalue weighted by Gasteiger charge is 2.44. The van der Waals surface area contributed by atoms with E-state index < -0.39 is 0 Å². The number of ether oxygens (including phenoxy) is 1. The molecule has 0 bridgehead atoms. The second kappa shape index (κ2) is 9.53. The number of amides is 1. The molecule has 2 N–H and O–H groups in total. The van der Waals surface area contributed by atoms with Crippen molar-refractivity contribution in [1.82, 2.24) is 15.5 Å². The third-order valence-corrected chi connectivity index (χ3v) is 5.97. The highest BCUT2D eigenvalue weighted by Crippen LogP contribution is 2.28. The normalized spacial score (nSPS) is 21.7. The topological polar surface area (TPSA) is 53.6 Å². The van der Waals surface area contributed by atoms with Gasteiger partial charge in [0.05, 0.1) is 11.5 Å². The van der Waals surface area contributed by atoms with Crippen LogP contribution in [0.25, 0.3) is 0 Å². The lowest BCUT2D eigenvalue weighted by atomic mass is 9.75. The van der Waals surface area contributed by atoms with Gasteiger partial charge in [0, 0.05) is 45.9 Å². The Morgan fingerprint density at radius 2 is 1.76 bits per heavy atom. The lowest BCUT2D eigenvalue weighted by molar-refractivity contribution is -0.134. The number of nitrogens with one attached hydrogen (secondary N) is 2. The molecular weight excluding hydrogens is 362 g/mol. The zero-order valence-electron chi connectivity index (χ0n) is 17.0. The third-order valence-electron chi connectivity index (χ3n) is 5.97. The summed E-state index contributed by atoms with van der Waals surface area (Å²) in [7, 11) is 0. The van der Waals surface area contributed by atoms with Crippen molar-refractivity contribution in [2.75, 3.05) is 39.3 Å². The van der Waals surface area contributed by atoms with Crippen molar-refractivity contribution in [2.24, 2.45) is 5.41 Å². The Bertz CT molecular complexity index is 777. The quantitative estimate of drug-likeness (QED) is 0.758. The van der Waals surface area contributed by atoms with E-state index in [1.165, 1.54) is 11.1 Å². The summed E-state index contributed by atoms with van der Waals surface area (Å²) in [6.45, 7) is 5.60. The monoisotopic (exact) mass is 393 g/mol. The molecule has 2 aromatic carbocycles. The summed E-state index contributed by atoms with van der Waals surface area (Å²) < 4.78 is 6.03. The van der Waals surface area contributed by atoms with Crippen LogP contribution in [-0.4, -0.2) is 56.2 Å². The molecule has 5 heteroatoms. The first-order chi connectivity index (χ1) is 14.2. The van der Waals surface area contributed by atoms with Gasteiger partial charge in [-0.05, 0) is 24.0 Å². The Kier molecular flexibility index (Phi) is 6.60. The lowest BCUT2D eigenvalue weighted by Crippen LogP contribution is -2.63. The van der Waals surface area contributed by atoms with Gasteiger partial charge >= 0.3 is 0 Å². The van der Waals surface area contributed by atoms with Crippen molar-refractivity contribution in [3.63, 3.8) is 0 Å². The van der Waals surface area contributed by atoms with E-state index in [0.717, 1.165) is 52.2 Å². The molecule has 1 atom stereocenters. The standard InChI is InChI=1S/C24H31N3O2/c28-23(24(18-25-19-24)14-20-8-3-1-4-9-20)26-15-22-17-27(12-7-13-29-22)16-21-10-5-2-6-11-21/h1-6,8-11,22,25H,7,12-19H2,(H,26,28). The van der Waals surface area contributed by atoms with Gasteiger partial charge in [-0.1, -0.05) is 60.7 Å². The SMILES string of the molecule is O=C(NCC1CN(Cc2ccccc2)CCCO1)C1(Cc2ccccc2)CNC1. The second-order valence-electron chi connectivity index (χ2n) is 8.32. The first-order valence-corrected chi connectivity index (χ1v) is 10.6. The Morgan fingerprint density at radius 3 is 2.41 bits per heavy atom. The number of rotatable bonds is 7. The molecule has 2 aliphatic heterocycles. The molecule has 29 heavy (non-hydrogen) atoms. The van der Waals surface area contributed by atoms with Gasteiger partial charge in [-0.15, -0.1) is 0 Å². The van der Waals surface area contributed by atoms with Crippen LogP contribution < -0.4 is 10.6 Å². The fraction of sp³-hybridized carbons (Fsp3) is 0.458. The number of benzene rings is 2. The van der Waals surface area contributed by atoms with Crippen LogP contribution in [0.4, 0.5) is 0 Å². The van der Waals surface area contributed by atoms with Crippen LogP contribution in [0.5, 0.6) is 0 Å². The minimum atomic E-state index is -0.337. The molecule has 1 amide bonds. The van der Waals surface area contributed by atoms with Gasteiger partial charge in [0.2, 0.25) is 5.91 Å². The van der Waals surface area contributed by atoms with Crippen molar-refractivity contribution in [3.8, 4) is 0 Å².